The lowest BCUT2D eigenvalue weighted by atomic mass is 10.1. The van der Waals surface area contributed by atoms with E-state index in [2.05, 4.69) is 39.1 Å². The van der Waals surface area contributed by atoms with Crippen LogP contribution < -0.4 is 0 Å². The Bertz CT molecular complexity index is 989. The van der Waals surface area contributed by atoms with Crippen LogP contribution in [0, 0.1) is 0 Å². The molecule has 2 heterocycles. The summed E-state index contributed by atoms with van der Waals surface area (Å²) in [6.45, 7) is 5.40. The number of oxazole rings is 1. The molecule has 1 aromatic heterocycles. The standard InChI is InChI=1S/C24H24F3N3O/c25-24(26,27)21-10-8-20(9-11-21)23-28-22(18-31-23)17-30-15-13-29(14-16-30)12-4-7-19-5-2-1-3-6-19/h1-11,18H,12-17H2/b7-4+. The summed E-state index contributed by atoms with van der Waals surface area (Å²) in [6, 6.07) is 15.1. The van der Waals surface area contributed by atoms with Gasteiger partial charge in [0.15, 0.2) is 0 Å². The normalized spacial score (nSPS) is 16.2. The van der Waals surface area contributed by atoms with E-state index in [1.165, 1.54) is 17.7 Å². The molecule has 1 fully saturated rings. The summed E-state index contributed by atoms with van der Waals surface area (Å²) in [6.07, 6.45) is 1.57. The van der Waals surface area contributed by atoms with E-state index in [-0.39, 0.29) is 0 Å². The first-order chi connectivity index (χ1) is 15.0. The van der Waals surface area contributed by atoms with Crippen LogP contribution in [-0.2, 0) is 12.7 Å². The van der Waals surface area contributed by atoms with Crippen LogP contribution >= 0.6 is 0 Å². The molecule has 0 amide bonds. The maximum Gasteiger partial charge on any atom is 0.416 e. The zero-order valence-electron chi connectivity index (χ0n) is 17.1. The van der Waals surface area contributed by atoms with Crippen molar-refractivity contribution in [3.63, 3.8) is 0 Å². The summed E-state index contributed by atoms with van der Waals surface area (Å²) in [5.74, 6) is 0.341. The molecule has 1 aliphatic rings. The Morgan fingerprint density at radius 2 is 1.58 bits per heavy atom. The third-order valence-corrected chi connectivity index (χ3v) is 5.33. The predicted molar refractivity (Wildman–Crippen MR) is 114 cm³/mol. The summed E-state index contributed by atoms with van der Waals surface area (Å²) in [5.41, 5.74) is 1.84. The average molecular weight is 427 g/mol. The van der Waals surface area contributed by atoms with Crippen molar-refractivity contribution in [2.24, 2.45) is 0 Å². The topological polar surface area (TPSA) is 32.5 Å². The van der Waals surface area contributed by atoms with Gasteiger partial charge in [0.25, 0.3) is 0 Å². The molecule has 0 N–H and O–H groups in total. The summed E-state index contributed by atoms with van der Waals surface area (Å²) in [4.78, 5) is 9.17. The smallest absolute Gasteiger partial charge is 0.416 e. The summed E-state index contributed by atoms with van der Waals surface area (Å²) < 4.78 is 43.6. The Labute approximate surface area is 179 Å². The molecule has 0 atom stereocenters. The molecule has 31 heavy (non-hydrogen) atoms. The first kappa shape index (κ1) is 21.3. The van der Waals surface area contributed by atoms with Gasteiger partial charge in [0.2, 0.25) is 5.89 Å². The van der Waals surface area contributed by atoms with Gasteiger partial charge in [0.1, 0.15) is 6.26 Å². The van der Waals surface area contributed by atoms with Crippen LogP contribution in [0.25, 0.3) is 17.5 Å². The number of nitrogens with zero attached hydrogens (tertiary/aromatic N) is 3. The number of aromatic nitrogens is 1. The Morgan fingerprint density at radius 3 is 2.26 bits per heavy atom. The highest BCUT2D eigenvalue weighted by Crippen LogP contribution is 2.30. The van der Waals surface area contributed by atoms with Gasteiger partial charge in [-0.2, -0.15) is 13.2 Å². The molecule has 0 aliphatic carbocycles. The fourth-order valence-corrected chi connectivity index (χ4v) is 3.58. The fraction of sp³-hybridized carbons (Fsp3) is 0.292. The molecule has 0 bridgehead atoms. The van der Waals surface area contributed by atoms with Crippen molar-refractivity contribution in [1.82, 2.24) is 14.8 Å². The summed E-state index contributed by atoms with van der Waals surface area (Å²) >= 11 is 0. The molecule has 1 saturated heterocycles. The van der Waals surface area contributed by atoms with Gasteiger partial charge in [-0.1, -0.05) is 42.5 Å². The first-order valence-corrected chi connectivity index (χ1v) is 10.3. The van der Waals surface area contributed by atoms with Crippen LogP contribution in [0.1, 0.15) is 16.8 Å². The van der Waals surface area contributed by atoms with Crippen LogP contribution in [0.15, 0.2) is 71.4 Å². The number of rotatable bonds is 6. The van der Waals surface area contributed by atoms with E-state index in [4.69, 9.17) is 4.42 Å². The lowest BCUT2D eigenvalue weighted by molar-refractivity contribution is -0.137. The largest absolute Gasteiger partial charge is 0.444 e. The maximum absolute atomic E-state index is 12.7. The monoisotopic (exact) mass is 427 g/mol. The lowest BCUT2D eigenvalue weighted by Crippen LogP contribution is -2.45. The van der Waals surface area contributed by atoms with E-state index >= 15 is 0 Å². The van der Waals surface area contributed by atoms with E-state index in [0.29, 0.717) is 18.0 Å². The molecule has 3 aromatic rings. The number of hydrogen-bond acceptors (Lipinski definition) is 4. The Hall–Kier alpha value is -2.90. The van der Waals surface area contributed by atoms with Gasteiger partial charge >= 0.3 is 6.18 Å². The Balaban J connectivity index is 1.26. The second-order valence-corrected chi connectivity index (χ2v) is 7.61. The molecule has 0 unspecified atom stereocenters. The van der Waals surface area contributed by atoms with Gasteiger partial charge in [-0.25, -0.2) is 4.98 Å². The molecule has 0 saturated carbocycles. The zero-order valence-corrected chi connectivity index (χ0v) is 17.1. The molecule has 1 aliphatic heterocycles. The SMILES string of the molecule is FC(F)(F)c1ccc(-c2nc(CN3CCN(C/C=C/c4ccccc4)CC3)co2)cc1. The lowest BCUT2D eigenvalue weighted by Gasteiger charge is -2.33. The van der Waals surface area contributed by atoms with Crippen molar-refractivity contribution in [3.8, 4) is 11.5 Å². The van der Waals surface area contributed by atoms with Gasteiger partial charge in [-0.05, 0) is 29.8 Å². The minimum Gasteiger partial charge on any atom is -0.444 e. The van der Waals surface area contributed by atoms with Gasteiger partial charge in [-0.3, -0.25) is 9.80 Å². The number of hydrogen-bond donors (Lipinski definition) is 0. The van der Waals surface area contributed by atoms with Crippen LogP contribution in [0.3, 0.4) is 0 Å². The van der Waals surface area contributed by atoms with Crippen molar-refractivity contribution in [2.45, 2.75) is 12.7 Å². The minimum absolute atomic E-state index is 0.341. The van der Waals surface area contributed by atoms with Gasteiger partial charge in [-0.15, -0.1) is 0 Å². The fourth-order valence-electron chi connectivity index (χ4n) is 3.58. The molecule has 4 nitrogen and oxygen atoms in total. The van der Waals surface area contributed by atoms with E-state index in [0.717, 1.165) is 50.6 Å². The molecular weight excluding hydrogens is 403 g/mol. The predicted octanol–water partition coefficient (Wildman–Crippen LogP) is 5.19. The van der Waals surface area contributed by atoms with Crippen molar-refractivity contribution >= 4 is 6.08 Å². The summed E-state index contributed by atoms with van der Waals surface area (Å²) in [5, 5.41) is 0. The van der Waals surface area contributed by atoms with Crippen molar-refractivity contribution < 1.29 is 17.6 Å². The van der Waals surface area contributed by atoms with Crippen LogP contribution in [0.2, 0.25) is 0 Å². The van der Waals surface area contributed by atoms with Crippen LogP contribution in [0.4, 0.5) is 13.2 Å². The number of piperazine rings is 1. The van der Waals surface area contributed by atoms with Crippen molar-refractivity contribution in [1.29, 1.82) is 0 Å². The first-order valence-electron chi connectivity index (χ1n) is 10.3. The zero-order chi connectivity index (χ0) is 21.7. The second kappa shape index (κ2) is 9.49. The highest BCUT2D eigenvalue weighted by atomic mass is 19.4. The third-order valence-electron chi connectivity index (χ3n) is 5.33. The molecule has 2 aromatic carbocycles. The van der Waals surface area contributed by atoms with E-state index < -0.39 is 11.7 Å². The van der Waals surface area contributed by atoms with Gasteiger partial charge in [0.05, 0.1) is 11.3 Å². The molecule has 0 radical (unpaired) electrons. The molecular formula is C24H24F3N3O. The number of alkyl halides is 3. The van der Waals surface area contributed by atoms with E-state index in [1.54, 1.807) is 6.26 Å². The number of benzene rings is 2. The van der Waals surface area contributed by atoms with Gasteiger partial charge in [0, 0.05) is 44.8 Å². The number of halogens is 3. The molecule has 7 heteroatoms. The third kappa shape index (κ3) is 5.83. The van der Waals surface area contributed by atoms with Gasteiger partial charge < -0.3 is 4.42 Å². The van der Waals surface area contributed by atoms with Crippen LogP contribution in [0.5, 0.6) is 0 Å². The highest BCUT2D eigenvalue weighted by molar-refractivity contribution is 5.54. The second-order valence-electron chi connectivity index (χ2n) is 7.61. The minimum atomic E-state index is -4.35. The maximum atomic E-state index is 12.7. The summed E-state index contributed by atoms with van der Waals surface area (Å²) in [7, 11) is 0. The molecule has 162 valence electrons. The average Bonchev–Trinajstić information content (AvgIpc) is 3.24. The van der Waals surface area contributed by atoms with Crippen LogP contribution in [-0.4, -0.2) is 47.5 Å². The van der Waals surface area contributed by atoms with E-state index in [9.17, 15) is 13.2 Å². The molecule has 0 spiro atoms. The van der Waals surface area contributed by atoms with Crippen molar-refractivity contribution in [3.05, 3.63) is 83.8 Å². The highest BCUT2D eigenvalue weighted by Gasteiger charge is 2.30. The molecule has 4 rings (SSSR count). The quantitative estimate of drug-likeness (QED) is 0.542. The Kier molecular flexibility index (Phi) is 6.53. The Morgan fingerprint density at radius 1 is 0.903 bits per heavy atom. The van der Waals surface area contributed by atoms with E-state index in [1.807, 2.05) is 18.2 Å². The van der Waals surface area contributed by atoms with Crippen molar-refractivity contribution in [2.75, 3.05) is 32.7 Å².